The third-order valence-electron chi connectivity index (χ3n) is 2.38. The molecule has 0 amide bonds. The largest absolute Gasteiger partial charge is 0.475 e. The molecule has 90 valence electrons. The van der Waals surface area contributed by atoms with Gasteiger partial charge in [-0.2, -0.15) is 0 Å². The van der Waals surface area contributed by atoms with Crippen LogP contribution in [0.2, 0.25) is 0 Å². The first-order valence-corrected chi connectivity index (χ1v) is 5.13. The van der Waals surface area contributed by atoms with Crippen molar-refractivity contribution < 1.29 is 19.1 Å². The van der Waals surface area contributed by atoms with E-state index in [1.807, 2.05) is 13.8 Å². The van der Waals surface area contributed by atoms with Crippen LogP contribution < -0.4 is 5.32 Å². The quantitative estimate of drug-likeness (QED) is 0.773. The lowest BCUT2D eigenvalue weighted by atomic mass is 10.2. The first-order valence-electron chi connectivity index (χ1n) is 5.13. The van der Waals surface area contributed by atoms with Gasteiger partial charge in [-0.15, -0.1) is 0 Å². The Labute approximate surface area is 94.4 Å². The molecular weight excluding hydrogens is 210 g/mol. The van der Waals surface area contributed by atoms with E-state index in [1.54, 1.807) is 13.2 Å². The minimum atomic E-state index is -1.05. The summed E-state index contributed by atoms with van der Waals surface area (Å²) in [5, 5.41) is 11.9. The van der Waals surface area contributed by atoms with Crippen molar-refractivity contribution in [2.24, 2.45) is 0 Å². The summed E-state index contributed by atoms with van der Waals surface area (Å²) in [6, 6.07) is 3.08. The number of aromatic carboxylic acids is 1. The van der Waals surface area contributed by atoms with Crippen LogP contribution in [0.5, 0.6) is 0 Å². The monoisotopic (exact) mass is 227 g/mol. The van der Waals surface area contributed by atoms with Gasteiger partial charge in [0.15, 0.2) is 0 Å². The smallest absolute Gasteiger partial charge is 0.371 e. The standard InChI is InChI=1S/C11H17NO4/c1-7(15-3)6-12-8(2)9-4-5-10(16-9)11(13)14/h4-5,7-8,12H,6H2,1-3H3,(H,13,14). The van der Waals surface area contributed by atoms with E-state index in [-0.39, 0.29) is 17.9 Å². The van der Waals surface area contributed by atoms with Gasteiger partial charge in [-0.05, 0) is 26.0 Å². The van der Waals surface area contributed by atoms with E-state index in [2.05, 4.69) is 5.32 Å². The Bertz CT molecular complexity index is 348. The highest BCUT2D eigenvalue weighted by Crippen LogP contribution is 2.16. The molecule has 1 heterocycles. The maximum Gasteiger partial charge on any atom is 0.371 e. The Kier molecular flexibility index (Phi) is 4.52. The Morgan fingerprint density at radius 1 is 1.56 bits per heavy atom. The van der Waals surface area contributed by atoms with Gasteiger partial charge in [0.05, 0.1) is 12.1 Å². The van der Waals surface area contributed by atoms with Crippen LogP contribution >= 0.6 is 0 Å². The minimum absolute atomic E-state index is 0.0364. The summed E-state index contributed by atoms with van der Waals surface area (Å²) in [5.41, 5.74) is 0. The molecule has 1 aromatic rings. The summed E-state index contributed by atoms with van der Waals surface area (Å²) >= 11 is 0. The molecule has 0 fully saturated rings. The molecule has 0 aliphatic carbocycles. The summed E-state index contributed by atoms with van der Waals surface area (Å²) < 4.78 is 10.3. The van der Waals surface area contributed by atoms with E-state index in [0.717, 1.165) is 0 Å². The fourth-order valence-electron chi connectivity index (χ4n) is 1.23. The molecule has 0 aliphatic heterocycles. The third kappa shape index (κ3) is 3.36. The molecule has 0 saturated carbocycles. The molecule has 0 radical (unpaired) electrons. The first kappa shape index (κ1) is 12.7. The molecule has 16 heavy (non-hydrogen) atoms. The Morgan fingerprint density at radius 2 is 2.25 bits per heavy atom. The number of hydrogen-bond acceptors (Lipinski definition) is 4. The van der Waals surface area contributed by atoms with Crippen LogP contribution in [0.25, 0.3) is 0 Å². The van der Waals surface area contributed by atoms with Gasteiger partial charge in [-0.25, -0.2) is 4.79 Å². The number of nitrogens with one attached hydrogen (secondary N) is 1. The van der Waals surface area contributed by atoms with Gasteiger partial charge < -0.3 is 19.6 Å². The van der Waals surface area contributed by atoms with Gasteiger partial charge in [0, 0.05) is 13.7 Å². The third-order valence-corrected chi connectivity index (χ3v) is 2.38. The molecule has 2 atom stereocenters. The van der Waals surface area contributed by atoms with E-state index in [9.17, 15) is 4.79 Å². The van der Waals surface area contributed by atoms with Crippen LogP contribution in [0.3, 0.4) is 0 Å². The molecule has 1 aromatic heterocycles. The van der Waals surface area contributed by atoms with Gasteiger partial charge in [0.1, 0.15) is 5.76 Å². The van der Waals surface area contributed by atoms with Crippen LogP contribution in [0.15, 0.2) is 16.5 Å². The number of carboxylic acid groups (broad SMARTS) is 1. The van der Waals surface area contributed by atoms with Crippen LogP contribution in [-0.4, -0.2) is 30.8 Å². The average molecular weight is 227 g/mol. The fraction of sp³-hybridized carbons (Fsp3) is 0.545. The highest BCUT2D eigenvalue weighted by molar-refractivity contribution is 5.84. The topological polar surface area (TPSA) is 71.7 Å². The van der Waals surface area contributed by atoms with E-state index < -0.39 is 5.97 Å². The van der Waals surface area contributed by atoms with Crippen LogP contribution in [0, 0.1) is 0 Å². The predicted molar refractivity (Wildman–Crippen MR) is 58.6 cm³/mol. The zero-order valence-corrected chi connectivity index (χ0v) is 9.69. The fourth-order valence-corrected chi connectivity index (χ4v) is 1.23. The molecule has 1 rings (SSSR count). The summed E-state index contributed by atoms with van der Waals surface area (Å²) in [5.74, 6) is -0.479. The second-order valence-corrected chi connectivity index (χ2v) is 3.68. The Hall–Kier alpha value is -1.33. The van der Waals surface area contributed by atoms with E-state index in [0.29, 0.717) is 12.3 Å². The van der Waals surface area contributed by atoms with Crippen molar-refractivity contribution in [2.75, 3.05) is 13.7 Å². The zero-order chi connectivity index (χ0) is 12.1. The Morgan fingerprint density at radius 3 is 2.75 bits per heavy atom. The number of methoxy groups -OCH3 is 1. The van der Waals surface area contributed by atoms with Gasteiger partial charge >= 0.3 is 5.97 Å². The summed E-state index contributed by atoms with van der Waals surface area (Å²) in [4.78, 5) is 10.6. The number of ether oxygens (including phenoxy) is 1. The molecule has 0 spiro atoms. The van der Waals surface area contributed by atoms with Gasteiger partial charge in [-0.1, -0.05) is 0 Å². The Balaban J connectivity index is 2.52. The van der Waals surface area contributed by atoms with Crippen LogP contribution in [0.1, 0.15) is 36.2 Å². The lowest BCUT2D eigenvalue weighted by Gasteiger charge is -2.14. The highest BCUT2D eigenvalue weighted by atomic mass is 16.5. The average Bonchev–Trinajstić information content (AvgIpc) is 2.74. The van der Waals surface area contributed by atoms with Crippen molar-refractivity contribution in [1.29, 1.82) is 0 Å². The van der Waals surface area contributed by atoms with Crippen molar-refractivity contribution >= 4 is 5.97 Å². The van der Waals surface area contributed by atoms with Crippen molar-refractivity contribution in [3.63, 3.8) is 0 Å². The highest BCUT2D eigenvalue weighted by Gasteiger charge is 2.14. The molecule has 0 aromatic carbocycles. The van der Waals surface area contributed by atoms with Crippen LogP contribution in [-0.2, 0) is 4.74 Å². The molecule has 5 nitrogen and oxygen atoms in total. The summed E-state index contributed by atoms with van der Waals surface area (Å²) in [6.45, 7) is 4.54. The molecular formula is C11H17NO4. The second kappa shape index (κ2) is 5.67. The second-order valence-electron chi connectivity index (χ2n) is 3.68. The van der Waals surface area contributed by atoms with Crippen molar-refractivity contribution in [1.82, 2.24) is 5.32 Å². The maximum absolute atomic E-state index is 10.6. The number of carboxylic acids is 1. The number of carbonyl (C=O) groups is 1. The lowest BCUT2D eigenvalue weighted by Crippen LogP contribution is -2.28. The molecule has 5 heteroatoms. The van der Waals surface area contributed by atoms with Gasteiger partial charge in [-0.3, -0.25) is 0 Å². The van der Waals surface area contributed by atoms with Crippen molar-refractivity contribution in [2.45, 2.75) is 26.0 Å². The van der Waals surface area contributed by atoms with Gasteiger partial charge in [0.2, 0.25) is 5.76 Å². The predicted octanol–water partition coefficient (Wildman–Crippen LogP) is 1.66. The first-order chi connectivity index (χ1) is 7.54. The number of rotatable bonds is 6. The molecule has 0 bridgehead atoms. The van der Waals surface area contributed by atoms with Crippen LogP contribution in [0.4, 0.5) is 0 Å². The molecule has 2 unspecified atom stereocenters. The maximum atomic E-state index is 10.6. The summed E-state index contributed by atoms with van der Waals surface area (Å²) in [7, 11) is 1.65. The SMILES string of the molecule is COC(C)CNC(C)c1ccc(C(=O)O)o1. The minimum Gasteiger partial charge on any atom is -0.475 e. The van der Waals surface area contributed by atoms with Crippen molar-refractivity contribution in [3.8, 4) is 0 Å². The molecule has 0 aliphatic rings. The van der Waals surface area contributed by atoms with Gasteiger partial charge in [0.25, 0.3) is 0 Å². The zero-order valence-electron chi connectivity index (χ0n) is 9.69. The van der Waals surface area contributed by atoms with E-state index in [4.69, 9.17) is 14.3 Å². The summed E-state index contributed by atoms with van der Waals surface area (Å²) in [6.07, 6.45) is 0.108. The lowest BCUT2D eigenvalue weighted by molar-refractivity contribution is 0.0658. The van der Waals surface area contributed by atoms with Crippen molar-refractivity contribution in [3.05, 3.63) is 23.7 Å². The molecule has 0 saturated heterocycles. The normalized spacial score (nSPS) is 14.7. The number of hydrogen-bond donors (Lipinski definition) is 2. The van der Waals surface area contributed by atoms with E-state index in [1.165, 1.54) is 6.07 Å². The molecule has 2 N–H and O–H groups in total. The number of furan rings is 1. The van der Waals surface area contributed by atoms with E-state index >= 15 is 0 Å².